The maximum absolute atomic E-state index is 11.0. The van der Waals surface area contributed by atoms with Gasteiger partial charge in [-0.05, 0) is 30.2 Å². The van der Waals surface area contributed by atoms with E-state index in [2.05, 4.69) is 0 Å². The Balaban J connectivity index is 1.70. The van der Waals surface area contributed by atoms with E-state index in [1.54, 1.807) is 24.3 Å². The van der Waals surface area contributed by atoms with Gasteiger partial charge in [0.15, 0.2) is 0 Å². The average Bonchev–Trinajstić information content (AvgIpc) is 3.02. The first kappa shape index (κ1) is 15.0. The van der Waals surface area contributed by atoms with Gasteiger partial charge in [-0.2, -0.15) is 0 Å². The molecular weight excluding hydrogens is 290 g/mol. The highest BCUT2D eigenvalue weighted by Crippen LogP contribution is 2.29. The summed E-state index contributed by atoms with van der Waals surface area (Å²) in [4.78, 5) is 10.7. The Labute approximate surface area is 134 Å². The van der Waals surface area contributed by atoms with E-state index in [9.17, 15) is 10.1 Å². The van der Waals surface area contributed by atoms with Crippen LogP contribution in [0.5, 0.6) is 0 Å². The van der Waals surface area contributed by atoms with E-state index in [1.807, 2.05) is 42.5 Å². The molecule has 1 saturated heterocycles. The van der Waals surface area contributed by atoms with Crippen LogP contribution < -0.4 is 0 Å². The minimum atomic E-state index is -0.367. The van der Waals surface area contributed by atoms with E-state index in [0.29, 0.717) is 5.56 Å². The van der Waals surface area contributed by atoms with Gasteiger partial charge in [0.2, 0.25) is 0 Å². The molecule has 0 aromatic heterocycles. The van der Waals surface area contributed by atoms with Crippen molar-refractivity contribution in [1.82, 2.24) is 0 Å². The van der Waals surface area contributed by atoms with Crippen molar-refractivity contribution in [2.45, 2.75) is 18.9 Å². The first-order valence-electron chi connectivity index (χ1n) is 7.56. The molecule has 0 saturated carbocycles. The smallest absolute Gasteiger partial charge is 0.276 e. The molecule has 1 atom stereocenters. The first-order valence-corrected chi connectivity index (χ1v) is 7.56. The van der Waals surface area contributed by atoms with Crippen molar-refractivity contribution in [1.29, 1.82) is 0 Å². The Bertz CT molecular complexity index is 750. The van der Waals surface area contributed by atoms with Gasteiger partial charge < -0.3 is 4.74 Å². The van der Waals surface area contributed by atoms with Crippen molar-refractivity contribution in [3.63, 3.8) is 0 Å². The molecule has 1 fully saturated rings. The molecule has 1 heterocycles. The molecule has 0 radical (unpaired) electrons. The minimum absolute atomic E-state index is 0.0178. The number of ether oxygens (including phenoxy) is 1. The largest absolute Gasteiger partial charge is 0.491 e. The van der Waals surface area contributed by atoms with Crippen LogP contribution in [0.25, 0.3) is 12.2 Å². The van der Waals surface area contributed by atoms with Crippen molar-refractivity contribution < 1.29 is 9.66 Å². The van der Waals surface area contributed by atoms with Gasteiger partial charge >= 0.3 is 0 Å². The Morgan fingerprint density at radius 1 is 1.09 bits per heavy atom. The molecule has 23 heavy (non-hydrogen) atoms. The summed E-state index contributed by atoms with van der Waals surface area (Å²) in [5, 5.41) is 11.0. The lowest BCUT2D eigenvalue weighted by Gasteiger charge is -2.05. The number of nitro benzene ring substituents is 1. The predicted octanol–water partition coefficient (Wildman–Crippen LogP) is 4.83. The van der Waals surface area contributed by atoms with Gasteiger partial charge in [0.1, 0.15) is 6.10 Å². The minimum Gasteiger partial charge on any atom is -0.491 e. The molecule has 1 aliphatic heterocycles. The fraction of sp³-hybridized carbons (Fsp3) is 0.158. The zero-order valence-corrected chi connectivity index (χ0v) is 12.6. The van der Waals surface area contributed by atoms with Crippen LogP contribution in [0.3, 0.4) is 0 Å². The summed E-state index contributed by atoms with van der Waals surface area (Å²) in [5.41, 5.74) is 1.82. The predicted molar refractivity (Wildman–Crippen MR) is 90.7 cm³/mol. The summed E-state index contributed by atoms with van der Waals surface area (Å²) in [5.74, 6) is 0.794. The van der Waals surface area contributed by atoms with Crippen LogP contribution >= 0.6 is 0 Å². The first-order chi connectivity index (χ1) is 11.2. The second kappa shape index (κ2) is 6.92. The summed E-state index contributed by atoms with van der Waals surface area (Å²) in [6.07, 6.45) is 7.54. The summed E-state index contributed by atoms with van der Waals surface area (Å²) < 4.78 is 5.87. The van der Waals surface area contributed by atoms with E-state index in [4.69, 9.17) is 4.74 Å². The highest BCUT2D eigenvalue weighted by molar-refractivity contribution is 5.62. The van der Waals surface area contributed by atoms with E-state index in [-0.39, 0.29) is 16.7 Å². The number of nitro groups is 1. The van der Waals surface area contributed by atoms with Gasteiger partial charge in [-0.15, -0.1) is 0 Å². The number of hydrogen-bond donors (Lipinski definition) is 0. The maximum Gasteiger partial charge on any atom is 0.276 e. The average molecular weight is 307 g/mol. The molecule has 0 unspecified atom stereocenters. The molecule has 3 rings (SSSR count). The van der Waals surface area contributed by atoms with Crippen molar-refractivity contribution >= 4 is 17.8 Å². The number of rotatable bonds is 4. The number of hydrogen-bond acceptors (Lipinski definition) is 3. The van der Waals surface area contributed by atoms with Crippen molar-refractivity contribution in [3.8, 4) is 0 Å². The summed E-state index contributed by atoms with van der Waals surface area (Å²) in [6, 6.07) is 16.8. The van der Waals surface area contributed by atoms with Crippen LogP contribution in [-0.4, -0.2) is 11.0 Å². The third-order valence-corrected chi connectivity index (χ3v) is 3.73. The Kier molecular flexibility index (Phi) is 4.52. The molecule has 116 valence electrons. The van der Waals surface area contributed by atoms with Gasteiger partial charge in [-0.1, -0.05) is 48.5 Å². The highest BCUT2D eigenvalue weighted by atomic mass is 16.6. The lowest BCUT2D eigenvalue weighted by atomic mass is 10.1. The summed E-state index contributed by atoms with van der Waals surface area (Å²) in [6.45, 7) is 0. The van der Waals surface area contributed by atoms with E-state index in [1.165, 1.54) is 6.07 Å². The molecule has 0 spiro atoms. The topological polar surface area (TPSA) is 52.4 Å². The summed E-state index contributed by atoms with van der Waals surface area (Å²) in [7, 11) is 0. The monoisotopic (exact) mass is 307 g/mol. The van der Waals surface area contributed by atoms with Gasteiger partial charge in [-0.25, -0.2) is 0 Å². The number of allylic oxidation sites excluding steroid dienone is 1. The second-order valence-corrected chi connectivity index (χ2v) is 5.39. The molecule has 0 amide bonds. The van der Waals surface area contributed by atoms with Crippen LogP contribution in [-0.2, 0) is 4.74 Å². The van der Waals surface area contributed by atoms with Crippen LogP contribution in [0.4, 0.5) is 5.69 Å². The van der Waals surface area contributed by atoms with Crippen molar-refractivity contribution in [3.05, 3.63) is 87.7 Å². The lowest BCUT2D eigenvalue weighted by molar-refractivity contribution is -0.385. The van der Waals surface area contributed by atoms with Crippen molar-refractivity contribution in [2.75, 3.05) is 0 Å². The molecule has 0 aliphatic carbocycles. The van der Waals surface area contributed by atoms with Crippen LogP contribution in [0.15, 0.2) is 66.4 Å². The van der Waals surface area contributed by atoms with Gasteiger partial charge in [-0.3, -0.25) is 10.1 Å². The third-order valence-electron chi connectivity index (χ3n) is 3.73. The standard InChI is InChI=1S/C19H17NO3/c21-20(22)19-9-5-4-8-16(19)14-18-13-12-17(23-18)11-10-15-6-2-1-3-7-15/h1-11,14,17H,12-13H2/b11-10+,18-14-/t17-/m1/s1. The van der Waals surface area contributed by atoms with E-state index < -0.39 is 0 Å². The Hall–Kier alpha value is -2.88. The molecule has 1 aliphatic rings. The molecular formula is C19H17NO3. The van der Waals surface area contributed by atoms with Gasteiger partial charge in [0, 0.05) is 12.5 Å². The normalized spacial score (nSPS) is 19.1. The molecule has 2 aromatic carbocycles. The second-order valence-electron chi connectivity index (χ2n) is 5.39. The molecule has 4 heteroatoms. The number of para-hydroxylation sites is 1. The van der Waals surface area contributed by atoms with Gasteiger partial charge in [0.05, 0.1) is 16.2 Å². The maximum atomic E-state index is 11.0. The fourth-order valence-electron chi connectivity index (χ4n) is 2.57. The van der Waals surface area contributed by atoms with E-state index in [0.717, 1.165) is 24.2 Å². The lowest BCUT2D eigenvalue weighted by Crippen LogP contribution is -1.98. The SMILES string of the molecule is O=[N+]([O-])c1ccccc1/C=C1/CC[C@@H](/C=C/c2ccccc2)O1. The third kappa shape index (κ3) is 3.86. The zero-order chi connectivity index (χ0) is 16.1. The van der Waals surface area contributed by atoms with Crippen LogP contribution in [0.1, 0.15) is 24.0 Å². The zero-order valence-electron chi connectivity index (χ0n) is 12.6. The van der Waals surface area contributed by atoms with Gasteiger partial charge in [0.25, 0.3) is 5.69 Å². The molecule has 4 nitrogen and oxygen atoms in total. The quantitative estimate of drug-likeness (QED) is 0.600. The summed E-state index contributed by atoms with van der Waals surface area (Å²) >= 11 is 0. The Morgan fingerprint density at radius 3 is 2.61 bits per heavy atom. The fourth-order valence-corrected chi connectivity index (χ4v) is 2.57. The van der Waals surface area contributed by atoms with Crippen LogP contribution in [0.2, 0.25) is 0 Å². The van der Waals surface area contributed by atoms with Crippen molar-refractivity contribution in [2.24, 2.45) is 0 Å². The number of nitrogens with zero attached hydrogens (tertiary/aromatic N) is 1. The van der Waals surface area contributed by atoms with E-state index >= 15 is 0 Å². The number of benzene rings is 2. The van der Waals surface area contributed by atoms with Crippen LogP contribution in [0, 0.1) is 10.1 Å². The Morgan fingerprint density at radius 2 is 1.83 bits per heavy atom. The highest BCUT2D eigenvalue weighted by Gasteiger charge is 2.19. The molecule has 0 N–H and O–H groups in total. The molecule has 0 bridgehead atoms. The molecule has 2 aromatic rings.